The Balaban J connectivity index is 0.988. The van der Waals surface area contributed by atoms with Gasteiger partial charge < -0.3 is 4.57 Å². The average Bonchev–Trinajstić information content (AvgIpc) is 3.68. The highest BCUT2D eigenvalue weighted by atomic mass is 15.0. The molecule has 5 nitrogen and oxygen atoms in total. The lowest BCUT2D eigenvalue weighted by atomic mass is 9.91. The summed E-state index contributed by atoms with van der Waals surface area (Å²) in [7, 11) is 0. The predicted octanol–water partition coefficient (Wildman–Crippen LogP) is 14.2. The molecule has 12 aromatic rings. The molecule has 0 aliphatic carbocycles. The van der Waals surface area contributed by atoms with Crippen molar-refractivity contribution < 1.29 is 0 Å². The number of hydrogen-bond acceptors (Lipinski definition) is 4. The van der Waals surface area contributed by atoms with Gasteiger partial charge in [0.25, 0.3) is 0 Å². The molecule has 0 N–H and O–H groups in total. The van der Waals surface area contributed by atoms with Crippen molar-refractivity contribution in [2.45, 2.75) is 0 Å². The van der Waals surface area contributed by atoms with Crippen LogP contribution in [0.2, 0.25) is 0 Å². The van der Waals surface area contributed by atoms with Crippen LogP contribution in [0, 0.1) is 0 Å². The third kappa shape index (κ3) is 5.94. The average molecular weight is 778 g/mol. The van der Waals surface area contributed by atoms with Gasteiger partial charge in [0.15, 0.2) is 17.5 Å². The van der Waals surface area contributed by atoms with Crippen molar-refractivity contribution in [2.75, 3.05) is 0 Å². The number of pyridine rings is 1. The van der Waals surface area contributed by atoms with E-state index in [1.54, 1.807) is 6.20 Å². The Kier molecular flexibility index (Phi) is 8.10. The number of benzene rings is 9. The van der Waals surface area contributed by atoms with Crippen LogP contribution < -0.4 is 0 Å². The molecule has 61 heavy (non-hydrogen) atoms. The van der Waals surface area contributed by atoms with Crippen LogP contribution in [0.4, 0.5) is 0 Å². The first-order chi connectivity index (χ1) is 30.2. The number of para-hydroxylation sites is 2. The first-order valence-electron chi connectivity index (χ1n) is 20.5. The Morgan fingerprint density at radius 1 is 0.279 bits per heavy atom. The SMILES string of the molecule is c1ccc(-c2nc(-c3ccc(-c4cccnc4)cc3)nc(-c3ccc4c5ccc(-c6ccc7c(c6)c6ccccc6n7-c6ccccc6)cc5c5ccccc5c4c3)n2)cc1. The molecule has 0 aliphatic rings. The lowest BCUT2D eigenvalue weighted by Gasteiger charge is -2.14. The van der Waals surface area contributed by atoms with Crippen LogP contribution in [-0.2, 0) is 0 Å². The maximum Gasteiger partial charge on any atom is 0.164 e. The van der Waals surface area contributed by atoms with Crippen molar-refractivity contribution in [3.63, 3.8) is 0 Å². The molecule has 0 unspecified atom stereocenters. The summed E-state index contributed by atoms with van der Waals surface area (Å²) in [6.07, 6.45) is 3.67. The van der Waals surface area contributed by atoms with Gasteiger partial charge in [0.05, 0.1) is 11.0 Å². The lowest BCUT2D eigenvalue weighted by Crippen LogP contribution is -2.00. The van der Waals surface area contributed by atoms with E-state index in [-0.39, 0.29) is 0 Å². The zero-order valence-corrected chi connectivity index (χ0v) is 32.9. The molecular weight excluding hydrogens is 743 g/mol. The van der Waals surface area contributed by atoms with Crippen LogP contribution >= 0.6 is 0 Å². The summed E-state index contributed by atoms with van der Waals surface area (Å²) in [6, 6.07) is 71.0. The number of nitrogens with zero attached hydrogens (tertiary/aromatic N) is 5. The molecule has 5 heteroatoms. The van der Waals surface area contributed by atoms with E-state index in [0.717, 1.165) is 38.9 Å². The van der Waals surface area contributed by atoms with Gasteiger partial charge in [0.2, 0.25) is 0 Å². The van der Waals surface area contributed by atoms with Crippen LogP contribution in [0.3, 0.4) is 0 Å². The minimum Gasteiger partial charge on any atom is -0.309 e. The molecule has 3 heterocycles. The number of rotatable bonds is 6. The third-order valence-corrected chi connectivity index (χ3v) is 11.9. The highest BCUT2D eigenvalue weighted by Gasteiger charge is 2.17. The van der Waals surface area contributed by atoms with Crippen molar-refractivity contribution in [3.8, 4) is 62.1 Å². The Morgan fingerprint density at radius 2 is 0.738 bits per heavy atom. The van der Waals surface area contributed by atoms with Gasteiger partial charge in [-0.05, 0) is 103 Å². The van der Waals surface area contributed by atoms with Crippen molar-refractivity contribution in [1.82, 2.24) is 24.5 Å². The second-order valence-corrected chi connectivity index (χ2v) is 15.5. The van der Waals surface area contributed by atoms with E-state index >= 15 is 0 Å². The number of hydrogen-bond donors (Lipinski definition) is 0. The van der Waals surface area contributed by atoms with Gasteiger partial charge in [0, 0.05) is 45.5 Å². The van der Waals surface area contributed by atoms with E-state index in [2.05, 4.69) is 173 Å². The second-order valence-electron chi connectivity index (χ2n) is 15.5. The van der Waals surface area contributed by atoms with Crippen LogP contribution in [0.1, 0.15) is 0 Å². The molecule has 284 valence electrons. The summed E-state index contributed by atoms with van der Waals surface area (Å²) in [5.41, 5.74) is 10.9. The quantitative estimate of drug-likeness (QED) is 0.158. The predicted molar refractivity (Wildman–Crippen MR) is 252 cm³/mol. The highest BCUT2D eigenvalue weighted by Crippen LogP contribution is 2.40. The molecular formula is C56H35N5. The van der Waals surface area contributed by atoms with Gasteiger partial charge in [0.1, 0.15) is 0 Å². The van der Waals surface area contributed by atoms with Gasteiger partial charge in [-0.25, -0.2) is 15.0 Å². The molecule has 12 rings (SSSR count). The van der Waals surface area contributed by atoms with Crippen molar-refractivity contribution in [3.05, 3.63) is 213 Å². The van der Waals surface area contributed by atoms with E-state index in [1.165, 1.54) is 59.9 Å². The molecule has 3 aromatic heterocycles. The van der Waals surface area contributed by atoms with E-state index in [1.807, 2.05) is 42.6 Å². The number of aromatic nitrogens is 5. The Bertz CT molecular complexity index is 3600. The molecule has 0 amide bonds. The maximum atomic E-state index is 5.12. The fourth-order valence-electron chi connectivity index (χ4n) is 8.98. The standard InChI is InChI=1S/C56H35N5/c1-3-12-37(13-4-1)54-58-55(38-23-21-36(22-24-38)42-14-11-31-57-35-42)60-56(59-54)41-26-29-47-46-28-25-39(32-49(46)44-17-7-8-18-45(44)50(47)34-41)40-27-30-53-51(33-40)48-19-9-10-20-52(48)61(53)43-15-5-2-6-16-43/h1-35H. The van der Waals surface area contributed by atoms with Gasteiger partial charge in [-0.1, -0.05) is 152 Å². The number of fused-ring (bicyclic) bond motifs is 9. The summed E-state index contributed by atoms with van der Waals surface area (Å²) in [5.74, 6) is 1.89. The largest absolute Gasteiger partial charge is 0.309 e. The molecule has 0 aliphatic heterocycles. The molecule has 0 spiro atoms. The van der Waals surface area contributed by atoms with Gasteiger partial charge in [-0.15, -0.1) is 0 Å². The van der Waals surface area contributed by atoms with Gasteiger partial charge >= 0.3 is 0 Å². The minimum absolute atomic E-state index is 0.625. The first-order valence-corrected chi connectivity index (χ1v) is 20.5. The summed E-state index contributed by atoms with van der Waals surface area (Å²) in [6.45, 7) is 0. The van der Waals surface area contributed by atoms with E-state index in [4.69, 9.17) is 15.0 Å². The maximum absolute atomic E-state index is 5.12. The Morgan fingerprint density at radius 3 is 1.41 bits per heavy atom. The summed E-state index contributed by atoms with van der Waals surface area (Å²) in [5, 5.41) is 9.67. The van der Waals surface area contributed by atoms with E-state index in [9.17, 15) is 0 Å². The Hall–Kier alpha value is -8.28. The zero-order valence-electron chi connectivity index (χ0n) is 32.9. The molecule has 0 saturated carbocycles. The summed E-state index contributed by atoms with van der Waals surface area (Å²) < 4.78 is 2.37. The van der Waals surface area contributed by atoms with Crippen LogP contribution in [0.25, 0.3) is 116 Å². The molecule has 0 saturated heterocycles. The van der Waals surface area contributed by atoms with Gasteiger partial charge in [-0.2, -0.15) is 0 Å². The zero-order chi connectivity index (χ0) is 40.3. The topological polar surface area (TPSA) is 56.5 Å². The monoisotopic (exact) mass is 777 g/mol. The fraction of sp³-hybridized carbons (Fsp3) is 0. The molecule has 0 radical (unpaired) electrons. The second kappa shape index (κ2) is 14.2. The molecule has 0 bridgehead atoms. The molecule has 9 aromatic carbocycles. The van der Waals surface area contributed by atoms with Gasteiger partial charge in [-0.3, -0.25) is 4.98 Å². The van der Waals surface area contributed by atoms with E-state index in [0.29, 0.717) is 17.5 Å². The van der Waals surface area contributed by atoms with Crippen LogP contribution in [0.5, 0.6) is 0 Å². The van der Waals surface area contributed by atoms with E-state index < -0.39 is 0 Å². The summed E-state index contributed by atoms with van der Waals surface area (Å²) >= 11 is 0. The smallest absolute Gasteiger partial charge is 0.164 e. The third-order valence-electron chi connectivity index (χ3n) is 11.9. The van der Waals surface area contributed by atoms with Crippen LogP contribution in [0.15, 0.2) is 213 Å². The van der Waals surface area contributed by atoms with Crippen molar-refractivity contribution >= 4 is 54.1 Å². The minimum atomic E-state index is 0.625. The van der Waals surface area contributed by atoms with Crippen LogP contribution in [-0.4, -0.2) is 24.5 Å². The normalized spacial score (nSPS) is 11.6. The summed E-state index contributed by atoms with van der Waals surface area (Å²) in [4.78, 5) is 19.5. The molecule has 0 atom stereocenters. The first kappa shape index (κ1) is 34.7. The molecule has 0 fully saturated rings. The van der Waals surface area contributed by atoms with Crippen molar-refractivity contribution in [1.29, 1.82) is 0 Å². The lowest BCUT2D eigenvalue weighted by molar-refractivity contribution is 1.07. The van der Waals surface area contributed by atoms with Crippen molar-refractivity contribution in [2.24, 2.45) is 0 Å². The fourth-order valence-corrected chi connectivity index (χ4v) is 8.98. The highest BCUT2D eigenvalue weighted by molar-refractivity contribution is 6.26. The Labute approximate surface area is 351 Å².